The minimum Gasteiger partial charge on any atom is -0.343 e. The average molecular weight is 359 g/mol. The SMILES string of the molecule is CC(=O)N1CCC(Cc2cncc(-c3cnc(CC(C)C)s3)n2)CC1. The molecule has 0 saturated carbocycles. The molecule has 1 fully saturated rings. The largest absolute Gasteiger partial charge is 0.343 e. The molecule has 5 nitrogen and oxygen atoms in total. The Kier molecular flexibility index (Phi) is 5.78. The highest BCUT2D eigenvalue weighted by Crippen LogP contribution is 2.27. The van der Waals surface area contributed by atoms with Crippen LogP contribution in [0.4, 0.5) is 0 Å². The van der Waals surface area contributed by atoms with Gasteiger partial charge in [-0.15, -0.1) is 11.3 Å². The molecule has 0 bridgehead atoms. The third kappa shape index (κ3) is 4.84. The predicted octanol–water partition coefficient (Wildman–Crippen LogP) is 3.60. The van der Waals surface area contributed by atoms with Gasteiger partial charge in [-0.3, -0.25) is 9.78 Å². The summed E-state index contributed by atoms with van der Waals surface area (Å²) in [6.07, 6.45) is 9.65. The number of thiazole rings is 1. The summed E-state index contributed by atoms with van der Waals surface area (Å²) in [7, 11) is 0. The second-order valence-corrected chi connectivity index (χ2v) is 8.38. The Bertz CT molecular complexity index is 720. The molecule has 25 heavy (non-hydrogen) atoms. The van der Waals surface area contributed by atoms with Crippen molar-refractivity contribution in [1.82, 2.24) is 19.9 Å². The van der Waals surface area contributed by atoms with Crippen LogP contribution in [-0.4, -0.2) is 38.8 Å². The Morgan fingerprint density at radius 2 is 2.04 bits per heavy atom. The van der Waals surface area contributed by atoms with Gasteiger partial charge in [0.2, 0.25) is 5.91 Å². The molecule has 0 atom stereocenters. The zero-order valence-electron chi connectivity index (χ0n) is 15.2. The van der Waals surface area contributed by atoms with Crippen molar-refractivity contribution in [2.45, 2.75) is 46.5 Å². The molecule has 1 aliphatic rings. The lowest BCUT2D eigenvalue weighted by Gasteiger charge is -2.31. The fourth-order valence-corrected chi connectivity index (χ4v) is 4.33. The lowest BCUT2D eigenvalue weighted by Crippen LogP contribution is -2.37. The van der Waals surface area contributed by atoms with E-state index in [1.54, 1.807) is 18.3 Å². The first-order chi connectivity index (χ1) is 12.0. The summed E-state index contributed by atoms with van der Waals surface area (Å²) < 4.78 is 0. The van der Waals surface area contributed by atoms with Crippen LogP contribution in [0, 0.1) is 11.8 Å². The van der Waals surface area contributed by atoms with E-state index in [1.165, 1.54) is 0 Å². The summed E-state index contributed by atoms with van der Waals surface area (Å²) >= 11 is 1.71. The molecule has 0 radical (unpaired) electrons. The summed E-state index contributed by atoms with van der Waals surface area (Å²) in [4.78, 5) is 28.2. The van der Waals surface area contributed by atoms with Gasteiger partial charge in [0.1, 0.15) is 5.69 Å². The Labute approximate surface area is 153 Å². The number of aromatic nitrogens is 3. The molecule has 3 heterocycles. The third-order valence-electron chi connectivity index (χ3n) is 4.63. The Morgan fingerprint density at radius 1 is 1.28 bits per heavy atom. The first-order valence-corrected chi connectivity index (χ1v) is 9.84. The standard InChI is InChI=1S/C19H26N4OS/c1-13(2)8-19-21-12-18(25-19)17-11-20-10-16(22-17)9-15-4-6-23(7-5-15)14(3)24/h10-13,15H,4-9H2,1-3H3. The predicted molar refractivity (Wildman–Crippen MR) is 100 cm³/mol. The number of amides is 1. The highest BCUT2D eigenvalue weighted by Gasteiger charge is 2.21. The van der Waals surface area contributed by atoms with E-state index < -0.39 is 0 Å². The van der Waals surface area contributed by atoms with Crippen LogP contribution in [0.5, 0.6) is 0 Å². The zero-order valence-corrected chi connectivity index (χ0v) is 16.1. The number of carbonyl (C=O) groups is 1. The molecule has 0 N–H and O–H groups in total. The molecule has 0 aromatic carbocycles. The minimum atomic E-state index is 0.183. The summed E-state index contributed by atoms with van der Waals surface area (Å²) in [6.45, 7) is 7.79. The maximum Gasteiger partial charge on any atom is 0.219 e. The normalized spacial score (nSPS) is 15.8. The van der Waals surface area contributed by atoms with Crippen LogP contribution in [-0.2, 0) is 17.6 Å². The van der Waals surface area contributed by atoms with Crippen molar-refractivity contribution in [3.05, 3.63) is 29.3 Å². The van der Waals surface area contributed by atoms with Crippen LogP contribution in [0.15, 0.2) is 18.6 Å². The van der Waals surface area contributed by atoms with Crippen molar-refractivity contribution < 1.29 is 4.79 Å². The molecular weight excluding hydrogens is 332 g/mol. The van der Waals surface area contributed by atoms with E-state index >= 15 is 0 Å². The van der Waals surface area contributed by atoms with E-state index in [-0.39, 0.29) is 5.91 Å². The highest BCUT2D eigenvalue weighted by molar-refractivity contribution is 7.15. The van der Waals surface area contributed by atoms with Crippen LogP contribution in [0.2, 0.25) is 0 Å². The van der Waals surface area contributed by atoms with E-state index in [2.05, 4.69) is 23.8 Å². The van der Waals surface area contributed by atoms with E-state index in [9.17, 15) is 4.79 Å². The van der Waals surface area contributed by atoms with Gasteiger partial charge in [-0.2, -0.15) is 0 Å². The van der Waals surface area contributed by atoms with Gasteiger partial charge in [0.15, 0.2) is 0 Å². The molecule has 1 aliphatic heterocycles. The number of piperidine rings is 1. The van der Waals surface area contributed by atoms with Gasteiger partial charge in [0, 0.05) is 38.8 Å². The van der Waals surface area contributed by atoms with Gasteiger partial charge in [-0.25, -0.2) is 9.97 Å². The Morgan fingerprint density at radius 3 is 2.72 bits per heavy atom. The third-order valence-corrected chi connectivity index (χ3v) is 5.67. The van der Waals surface area contributed by atoms with Crippen molar-refractivity contribution in [1.29, 1.82) is 0 Å². The van der Waals surface area contributed by atoms with Crippen LogP contribution in [0.1, 0.15) is 44.3 Å². The van der Waals surface area contributed by atoms with Crippen LogP contribution >= 0.6 is 11.3 Å². The minimum absolute atomic E-state index is 0.183. The monoisotopic (exact) mass is 358 g/mol. The van der Waals surface area contributed by atoms with Gasteiger partial charge in [0.05, 0.1) is 21.8 Å². The first-order valence-electron chi connectivity index (χ1n) is 9.02. The van der Waals surface area contributed by atoms with Gasteiger partial charge in [0.25, 0.3) is 0 Å². The number of hydrogen-bond acceptors (Lipinski definition) is 5. The smallest absolute Gasteiger partial charge is 0.219 e. The maximum absolute atomic E-state index is 11.4. The molecule has 6 heteroatoms. The Balaban J connectivity index is 1.64. The Hall–Kier alpha value is -1.82. The molecule has 134 valence electrons. The number of hydrogen-bond donors (Lipinski definition) is 0. The summed E-state index contributed by atoms with van der Waals surface area (Å²) in [5.74, 6) is 1.37. The lowest BCUT2D eigenvalue weighted by molar-refractivity contribution is -0.130. The average Bonchev–Trinajstić information content (AvgIpc) is 3.03. The summed E-state index contributed by atoms with van der Waals surface area (Å²) in [6, 6.07) is 0. The molecule has 0 unspecified atom stereocenters. The number of likely N-dealkylation sites (tertiary alicyclic amines) is 1. The summed E-state index contributed by atoms with van der Waals surface area (Å²) in [5, 5.41) is 1.16. The van der Waals surface area contributed by atoms with Gasteiger partial charge in [-0.05, 0) is 31.1 Å². The van der Waals surface area contributed by atoms with E-state index in [4.69, 9.17) is 4.98 Å². The molecule has 1 amide bonds. The quantitative estimate of drug-likeness (QED) is 0.819. The van der Waals surface area contributed by atoms with Crippen LogP contribution < -0.4 is 0 Å². The second kappa shape index (κ2) is 8.04. The molecular formula is C19H26N4OS. The molecule has 0 spiro atoms. The highest BCUT2D eigenvalue weighted by atomic mass is 32.1. The topological polar surface area (TPSA) is 59.0 Å². The first kappa shape index (κ1) is 18.0. The molecule has 0 aliphatic carbocycles. The van der Waals surface area contributed by atoms with Crippen molar-refractivity contribution in [2.24, 2.45) is 11.8 Å². The van der Waals surface area contributed by atoms with Crippen LogP contribution in [0.3, 0.4) is 0 Å². The van der Waals surface area contributed by atoms with E-state index in [0.717, 1.165) is 60.0 Å². The number of carbonyl (C=O) groups excluding carboxylic acids is 1. The van der Waals surface area contributed by atoms with Crippen molar-refractivity contribution in [3.8, 4) is 10.6 Å². The molecule has 2 aromatic heterocycles. The number of rotatable bonds is 5. The number of nitrogens with zero attached hydrogens (tertiary/aromatic N) is 4. The van der Waals surface area contributed by atoms with Crippen molar-refractivity contribution >= 4 is 17.2 Å². The van der Waals surface area contributed by atoms with Crippen molar-refractivity contribution in [3.63, 3.8) is 0 Å². The van der Waals surface area contributed by atoms with E-state index in [1.807, 2.05) is 23.5 Å². The second-order valence-electron chi connectivity index (χ2n) is 7.27. The molecule has 3 rings (SSSR count). The van der Waals surface area contributed by atoms with Gasteiger partial charge >= 0.3 is 0 Å². The lowest BCUT2D eigenvalue weighted by atomic mass is 9.92. The maximum atomic E-state index is 11.4. The van der Waals surface area contributed by atoms with Crippen LogP contribution in [0.25, 0.3) is 10.6 Å². The zero-order chi connectivity index (χ0) is 17.8. The van der Waals surface area contributed by atoms with Crippen molar-refractivity contribution in [2.75, 3.05) is 13.1 Å². The summed E-state index contributed by atoms with van der Waals surface area (Å²) in [5.41, 5.74) is 1.96. The van der Waals surface area contributed by atoms with Gasteiger partial charge < -0.3 is 4.90 Å². The fraction of sp³-hybridized carbons (Fsp3) is 0.579. The molecule has 1 saturated heterocycles. The van der Waals surface area contributed by atoms with E-state index in [0.29, 0.717) is 11.8 Å². The molecule has 2 aromatic rings. The van der Waals surface area contributed by atoms with Gasteiger partial charge in [-0.1, -0.05) is 13.8 Å². The fourth-order valence-electron chi connectivity index (χ4n) is 3.24.